The van der Waals surface area contributed by atoms with Crippen LogP contribution in [0.25, 0.3) is 0 Å². The lowest BCUT2D eigenvalue weighted by atomic mass is 9.85. The highest BCUT2D eigenvalue weighted by molar-refractivity contribution is 6.28. The van der Waals surface area contributed by atoms with E-state index >= 15 is 0 Å². The number of hydrogen-bond donors (Lipinski definition) is 0. The summed E-state index contributed by atoms with van der Waals surface area (Å²) in [5.41, 5.74) is 2.24. The van der Waals surface area contributed by atoms with Gasteiger partial charge >= 0.3 is 0 Å². The van der Waals surface area contributed by atoms with Crippen LogP contribution >= 0.6 is 11.6 Å². The Morgan fingerprint density at radius 3 is 2.35 bits per heavy atom. The van der Waals surface area contributed by atoms with E-state index in [1.54, 1.807) is 0 Å². The molecule has 1 aromatic rings. The van der Waals surface area contributed by atoms with Crippen molar-refractivity contribution in [3.8, 4) is 0 Å². The van der Waals surface area contributed by atoms with Crippen LogP contribution < -0.4 is 0 Å². The van der Waals surface area contributed by atoms with Gasteiger partial charge in [0, 0.05) is 17.0 Å². The molecule has 0 amide bonds. The van der Waals surface area contributed by atoms with Gasteiger partial charge in [-0.25, -0.2) is 9.97 Å². The van der Waals surface area contributed by atoms with E-state index in [4.69, 9.17) is 11.6 Å². The Bertz CT molecular complexity index is 390. The second kappa shape index (κ2) is 4.93. The Morgan fingerprint density at radius 2 is 1.76 bits per heavy atom. The van der Waals surface area contributed by atoms with Crippen molar-refractivity contribution in [1.29, 1.82) is 0 Å². The van der Waals surface area contributed by atoms with E-state index in [2.05, 4.69) is 36.8 Å². The molecule has 0 saturated heterocycles. The van der Waals surface area contributed by atoms with Crippen LogP contribution in [0, 0.1) is 0 Å². The topological polar surface area (TPSA) is 25.8 Å². The lowest BCUT2D eigenvalue weighted by molar-refractivity contribution is 0.434. The van der Waals surface area contributed by atoms with Gasteiger partial charge in [0.15, 0.2) is 0 Å². The molecule has 0 spiro atoms. The molecule has 17 heavy (non-hydrogen) atoms. The molecule has 0 aliphatic heterocycles. The van der Waals surface area contributed by atoms with E-state index in [-0.39, 0.29) is 5.41 Å². The molecule has 3 heteroatoms. The van der Waals surface area contributed by atoms with Crippen LogP contribution in [0.3, 0.4) is 0 Å². The van der Waals surface area contributed by atoms with E-state index in [9.17, 15) is 0 Å². The van der Waals surface area contributed by atoms with Gasteiger partial charge in [0.25, 0.3) is 0 Å². The van der Waals surface area contributed by atoms with Gasteiger partial charge in [-0.15, -0.1) is 0 Å². The summed E-state index contributed by atoms with van der Waals surface area (Å²) in [5.74, 6) is 0.588. The first-order chi connectivity index (χ1) is 7.97. The van der Waals surface area contributed by atoms with Gasteiger partial charge in [-0.3, -0.25) is 0 Å². The maximum atomic E-state index is 6.05. The summed E-state index contributed by atoms with van der Waals surface area (Å²) in [5, 5.41) is 0.401. The number of halogens is 1. The van der Waals surface area contributed by atoms with Crippen LogP contribution in [0.4, 0.5) is 0 Å². The first-order valence-electron chi connectivity index (χ1n) is 6.52. The molecule has 1 saturated carbocycles. The average Bonchev–Trinajstić information content (AvgIpc) is 2.28. The second-order valence-corrected chi connectivity index (χ2v) is 6.37. The van der Waals surface area contributed by atoms with E-state index in [1.807, 2.05) is 0 Å². The molecule has 1 aliphatic rings. The molecule has 0 radical (unpaired) electrons. The van der Waals surface area contributed by atoms with E-state index in [1.165, 1.54) is 32.1 Å². The lowest BCUT2D eigenvalue weighted by Crippen LogP contribution is -2.16. The highest BCUT2D eigenvalue weighted by Crippen LogP contribution is 2.33. The molecule has 1 heterocycles. The maximum Gasteiger partial charge on any atom is 0.222 e. The smallest absolute Gasteiger partial charge is 0.222 e. The second-order valence-electron chi connectivity index (χ2n) is 6.03. The molecule has 0 unspecified atom stereocenters. The molecule has 1 aromatic heterocycles. The number of hydrogen-bond acceptors (Lipinski definition) is 2. The fourth-order valence-electron chi connectivity index (χ4n) is 2.43. The van der Waals surface area contributed by atoms with Gasteiger partial charge in [-0.2, -0.15) is 0 Å². The minimum atomic E-state index is 0.0377. The van der Waals surface area contributed by atoms with Crippen molar-refractivity contribution in [3.63, 3.8) is 0 Å². The van der Waals surface area contributed by atoms with Crippen molar-refractivity contribution in [1.82, 2.24) is 9.97 Å². The molecule has 1 aliphatic carbocycles. The van der Waals surface area contributed by atoms with Crippen molar-refractivity contribution in [2.75, 3.05) is 0 Å². The summed E-state index contributed by atoms with van der Waals surface area (Å²) in [6, 6.07) is 2.15. The molecule has 1 fully saturated rings. The lowest BCUT2D eigenvalue weighted by Gasteiger charge is -2.24. The Labute approximate surface area is 109 Å². The predicted molar refractivity (Wildman–Crippen MR) is 71.6 cm³/mol. The van der Waals surface area contributed by atoms with Gasteiger partial charge in [-0.05, 0) is 30.5 Å². The van der Waals surface area contributed by atoms with Gasteiger partial charge < -0.3 is 0 Å². The van der Waals surface area contributed by atoms with E-state index in [0.717, 1.165) is 11.4 Å². The van der Waals surface area contributed by atoms with Crippen molar-refractivity contribution in [2.45, 2.75) is 64.2 Å². The molecular weight excluding hydrogens is 232 g/mol. The molecule has 0 aromatic carbocycles. The fourth-order valence-corrected chi connectivity index (χ4v) is 2.62. The van der Waals surface area contributed by atoms with Crippen LogP contribution in [0.5, 0.6) is 0 Å². The first-order valence-corrected chi connectivity index (χ1v) is 6.89. The SMILES string of the molecule is CC(C)(C)c1cc(C2CCCCC2)nc(Cl)n1. The van der Waals surface area contributed by atoms with Crippen LogP contribution in [0.2, 0.25) is 5.28 Å². The predicted octanol–water partition coefficient (Wildman–Crippen LogP) is 4.48. The third-order valence-electron chi connectivity index (χ3n) is 3.51. The Balaban J connectivity index is 2.31. The van der Waals surface area contributed by atoms with Gasteiger partial charge in [0.05, 0.1) is 5.69 Å². The summed E-state index contributed by atoms with van der Waals surface area (Å²) in [4.78, 5) is 8.78. The van der Waals surface area contributed by atoms with E-state index < -0.39 is 0 Å². The van der Waals surface area contributed by atoms with Crippen molar-refractivity contribution < 1.29 is 0 Å². The number of aromatic nitrogens is 2. The number of rotatable bonds is 1. The molecule has 94 valence electrons. The van der Waals surface area contributed by atoms with Gasteiger partial charge in [0.2, 0.25) is 5.28 Å². The molecule has 0 bridgehead atoms. The summed E-state index contributed by atoms with van der Waals surface area (Å²) in [6.45, 7) is 6.49. The summed E-state index contributed by atoms with van der Waals surface area (Å²) in [6.07, 6.45) is 6.49. The monoisotopic (exact) mass is 252 g/mol. The minimum Gasteiger partial charge on any atom is -0.223 e. The summed E-state index contributed by atoms with van der Waals surface area (Å²) < 4.78 is 0. The van der Waals surface area contributed by atoms with E-state index in [0.29, 0.717) is 11.2 Å². The Hall–Kier alpha value is -0.630. The van der Waals surface area contributed by atoms with Crippen LogP contribution in [-0.4, -0.2) is 9.97 Å². The van der Waals surface area contributed by atoms with Crippen molar-refractivity contribution in [2.24, 2.45) is 0 Å². The first kappa shape index (κ1) is 12.8. The standard InChI is InChI=1S/C14H21ClN2/c1-14(2,3)12-9-11(16-13(15)17-12)10-7-5-4-6-8-10/h9-10H,4-8H2,1-3H3. The van der Waals surface area contributed by atoms with Crippen LogP contribution in [0.1, 0.15) is 70.2 Å². The Kier molecular flexibility index (Phi) is 3.72. The molecule has 0 atom stereocenters. The zero-order valence-corrected chi connectivity index (χ0v) is 11.7. The molecule has 2 nitrogen and oxygen atoms in total. The molecule has 0 N–H and O–H groups in total. The third kappa shape index (κ3) is 3.19. The highest BCUT2D eigenvalue weighted by Gasteiger charge is 2.22. The minimum absolute atomic E-state index is 0.0377. The van der Waals surface area contributed by atoms with Crippen LogP contribution in [0.15, 0.2) is 6.07 Å². The normalized spacial score (nSPS) is 18.4. The third-order valence-corrected chi connectivity index (χ3v) is 3.68. The molecule has 2 rings (SSSR count). The quantitative estimate of drug-likeness (QED) is 0.689. The van der Waals surface area contributed by atoms with Crippen LogP contribution in [-0.2, 0) is 5.41 Å². The average molecular weight is 253 g/mol. The zero-order valence-electron chi connectivity index (χ0n) is 11.0. The number of nitrogens with zero attached hydrogens (tertiary/aromatic N) is 2. The fraction of sp³-hybridized carbons (Fsp3) is 0.714. The molecular formula is C14H21ClN2. The summed E-state index contributed by atoms with van der Waals surface area (Å²) >= 11 is 6.05. The van der Waals surface area contributed by atoms with Gasteiger partial charge in [0.1, 0.15) is 0 Å². The van der Waals surface area contributed by atoms with Gasteiger partial charge in [-0.1, -0.05) is 40.0 Å². The van der Waals surface area contributed by atoms with Crippen molar-refractivity contribution >= 4 is 11.6 Å². The summed E-state index contributed by atoms with van der Waals surface area (Å²) in [7, 11) is 0. The zero-order chi connectivity index (χ0) is 12.5. The maximum absolute atomic E-state index is 6.05. The largest absolute Gasteiger partial charge is 0.223 e. The Morgan fingerprint density at radius 1 is 1.12 bits per heavy atom. The highest BCUT2D eigenvalue weighted by atomic mass is 35.5. The van der Waals surface area contributed by atoms with Crippen molar-refractivity contribution in [3.05, 3.63) is 22.7 Å².